The molecule has 0 radical (unpaired) electrons. The number of aromatic nitrogens is 2. The zero-order valence-electron chi connectivity index (χ0n) is 21.6. The maximum absolute atomic E-state index is 13.6. The van der Waals surface area contributed by atoms with E-state index in [4.69, 9.17) is 0 Å². The van der Waals surface area contributed by atoms with E-state index in [-0.39, 0.29) is 24.2 Å². The number of nitrogens with zero attached hydrogens (tertiary/aromatic N) is 5. The van der Waals surface area contributed by atoms with Gasteiger partial charge in [0.2, 0.25) is 11.9 Å². The molecule has 1 aromatic carbocycles. The molecule has 0 atom stereocenters. The van der Waals surface area contributed by atoms with Crippen LogP contribution >= 0.6 is 0 Å². The van der Waals surface area contributed by atoms with Gasteiger partial charge in [0.25, 0.3) is 0 Å². The largest absolute Gasteiger partial charge is 0.421 e. The average molecular weight is 520 g/mol. The summed E-state index contributed by atoms with van der Waals surface area (Å²) in [5.74, 6) is -0.0625. The van der Waals surface area contributed by atoms with Crippen molar-refractivity contribution < 1.29 is 18.0 Å². The second kappa shape index (κ2) is 12.0. The van der Waals surface area contributed by atoms with Crippen LogP contribution in [0.15, 0.2) is 24.4 Å². The number of aryl methyl sites for hydroxylation is 1. The van der Waals surface area contributed by atoms with Crippen LogP contribution < -0.4 is 15.5 Å². The lowest BCUT2D eigenvalue weighted by Gasteiger charge is -2.35. The minimum Gasteiger partial charge on any atom is -0.369 e. The highest BCUT2D eigenvalue weighted by atomic mass is 19.4. The summed E-state index contributed by atoms with van der Waals surface area (Å²) in [5, 5.41) is 5.89. The molecule has 37 heavy (non-hydrogen) atoms. The lowest BCUT2D eigenvalue weighted by molar-refractivity contribution is -0.137. The molecular formula is C26H36F3N7O. The fourth-order valence-electron chi connectivity index (χ4n) is 4.79. The molecule has 1 amide bonds. The van der Waals surface area contributed by atoms with Gasteiger partial charge in [0.1, 0.15) is 11.4 Å². The van der Waals surface area contributed by atoms with E-state index in [0.717, 1.165) is 68.7 Å². The van der Waals surface area contributed by atoms with Crippen molar-refractivity contribution in [1.29, 1.82) is 0 Å². The first-order chi connectivity index (χ1) is 17.7. The summed E-state index contributed by atoms with van der Waals surface area (Å²) in [6.07, 6.45) is -0.831. The van der Waals surface area contributed by atoms with Crippen molar-refractivity contribution in [2.75, 3.05) is 67.9 Å². The summed E-state index contributed by atoms with van der Waals surface area (Å²) >= 11 is 0. The van der Waals surface area contributed by atoms with E-state index >= 15 is 0 Å². The maximum atomic E-state index is 13.6. The van der Waals surface area contributed by atoms with Gasteiger partial charge in [-0.2, -0.15) is 18.2 Å². The van der Waals surface area contributed by atoms with Gasteiger partial charge in [-0.25, -0.2) is 4.98 Å². The number of amides is 1. The summed E-state index contributed by atoms with van der Waals surface area (Å²) in [4.78, 5) is 26.6. The van der Waals surface area contributed by atoms with Crippen LogP contribution in [0.4, 0.5) is 36.3 Å². The molecule has 0 saturated carbocycles. The third-order valence-corrected chi connectivity index (χ3v) is 7.05. The van der Waals surface area contributed by atoms with Crippen molar-refractivity contribution in [3.05, 3.63) is 35.5 Å². The predicted octanol–water partition coefficient (Wildman–Crippen LogP) is 4.50. The Morgan fingerprint density at radius 3 is 2.54 bits per heavy atom. The van der Waals surface area contributed by atoms with Crippen LogP contribution in [-0.4, -0.2) is 78.0 Å². The van der Waals surface area contributed by atoms with Gasteiger partial charge in [0.15, 0.2) is 0 Å². The van der Waals surface area contributed by atoms with Crippen molar-refractivity contribution in [2.45, 2.75) is 45.7 Å². The van der Waals surface area contributed by atoms with Crippen molar-refractivity contribution in [2.24, 2.45) is 0 Å². The molecule has 2 aromatic rings. The summed E-state index contributed by atoms with van der Waals surface area (Å²) in [7, 11) is 0. The van der Waals surface area contributed by atoms with Gasteiger partial charge in [-0.1, -0.05) is 6.92 Å². The number of carbonyl (C=O) groups is 1. The monoisotopic (exact) mass is 519 g/mol. The van der Waals surface area contributed by atoms with Gasteiger partial charge >= 0.3 is 6.18 Å². The molecule has 0 spiro atoms. The maximum Gasteiger partial charge on any atom is 0.421 e. The fourth-order valence-corrected chi connectivity index (χ4v) is 4.79. The van der Waals surface area contributed by atoms with Crippen LogP contribution in [0.1, 0.15) is 43.7 Å². The lowest BCUT2D eigenvalue weighted by Crippen LogP contribution is -2.46. The summed E-state index contributed by atoms with van der Waals surface area (Å²) in [6, 6.07) is 6.01. The number of hydrogen-bond acceptors (Lipinski definition) is 7. The van der Waals surface area contributed by atoms with Gasteiger partial charge in [-0.3, -0.25) is 4.79 Å². The van der Waals surface area contributed by atoms with Crippen molar-refractivity contribution in [1.82, 2.24) is 19.8 Å². The second-order valence-corrected chi connectivity index (χ2v) is 9.62. The van der Waals surface area contributed by atoms with Gasteiger partial charge < -0.3 is 25.3 Å². The van der Waals surface area contributed by atoms with Crippen LogP contribution in [0, 0.1) is 6.92 Å². The van der Waals surface area contributed by atoms with Gasteiger partial charge in [0.05, 0.1) is 0 Å². The lowest BCUT2D eigenvalue weighted by atomic mass is 10.1. The molecule has 0 aliphatic carbocycles. The number of likely N-dealkylation sites (tertiary alicyclic amines) is 1. The van der Waals surface area contributed by atoms with Gasteiger partial charge in [-0.05, 0) is 56.5 Å². The highest BCUT2D eigenvalue weighted by molar-refractivity contribution is 5.76. The first kappa shape index (κ1) is 27.0. The SMILES string of the molecule is CCN1CCN(c2ccc(Nc3ncc(C(F)(F)F)c(NCCCN4CCCCC4=O)n3)c(C)c2)CC1. The van der Waals surface area contributed by atoms with E-state index in [1.807, 2.05) is 19.1 Å². The van der Waals surface area contributed by atoms with Gasteiger partial charge in [-0.15, -0.1) is 0 Å². The number of alkyl halides is 3. The number of anilines is 4. The smallest absolute Gasteiger partial charge is 0.369 e. The van der Waals surface area contributed by atoms with E-state index in [9.17, 15) is 18.0 Å². The van der Waals surface area contributed by atoms with Gasteiger partial charge in [0, 0.05) is 69.8 Å². The molecule has 11 heteroatoms. The first-order valence-corrected chi connectivity index (χ1v) is 13.1. The van der Waals surface area contributed by atoms with Crippen molar-refractivity contribution >= 4 is 29.0 Å². The molecule has 2 aliphatic rings. The van der Waals surface area contributed by atoms with E-state index in [2.05, 4.69) is 43.4 Å². The Kier molecular flexibility index (Phi) is 8.73. The number of likely N-dealkylation sites (N-methyl/N-ethyl adjacent to an activating group) is 1. The molecule has 0 unspecified atom stereocenters. The minimum atomic E-state index is -4.58. The summed E-state index contributed by atoms with van der Waals surface area (Å²) < 4.78 is 40.8. The standard InChI is InChI=1S/C26H36F3N7O/c1-3-34-13-15-35(16-14-34)20-8-9-22(19(2)17-20)32-25-31-18-21(26(27,28)29)24(33-25)30-10-6-12-36-11-5-4-7-23(36)37/h8-9,17-18H,3-7,10-16H2,1-2H3,(H2,30,31,32,33). The number of halogens is 3. The number of piperidine rings is 1. The third-order valence-electron chi connectivity index (χ3n) is 7.05. The molecule has 2 N–H and O–H groups in total. The summed E-state index contributed by atoms with van der Waals surface area (Å²) in [6.45, 7) is 10.6. The van der Waals surface area contributed by atoms with Crippen LogP contribution in [0.5, 0.6) is 0 Å². The predicted molar refractivity (Wildman–Crippen MR) is 139 cm³/mol. The molecule has 3 heterocycles. The zero-order valence-corrected chi connectivity index (χ0v) is 21.6. The quantitative estimate of drug-likeness (QED) is 0.473. The van der Waals surface area contributed by atoms with E-state index in [0.29, 0.717) is 25.9 Å². The van der Waals surface area contributed by atoms with Crippen LogP contribution in [-0.2, 0) is 11.0 Å². The Labute approximate surface area is 216 Å². The van der Waals surface area contributed by atoms with E-state index in [1.165, 1.54) is 0 Å². The number of hydrogen-bond donors (Lipinski definition) is 2. The Balaban J connectivity index is 1.41. The Morgan fingerprint density at radius 1 is 1.08 bits per heavy atom. The molecular weight excluding hydrogens is 483 g/mol. The van der Waals surface area contributed by atoms with Crippen molar-refractivity contribution in [3.8, 4) is 0 Å². The Morgan fingerprint density at radius 2 is 1.86 bits per heavy atom. The second-order valence-electron chi connectivity index (χ2n) is 9.62. The highest BCUT2D eigenvalue weighted by Crippen LogP contribution is 2.34. The molecule has 2 fully saturated rings. The normalized spacial score (nSPS) is 17.3. The fraction of sp³-hybridized carbons (Fsp3) is 0.577. The van der Waals surface area contributed by atoms with E-state index < -0.39 is 11.7 Å². The number of carbonyl (C=O) groups excluding carboxylic acids is 1. The number of benzene rings is 1. The molecule has 2 aliphatic heterocycles. The zero-order chi connectivity index (χ0) is 26.4. The van der Waals surface area contributed by atoms with E-state index in [1.54, 1.807) is 4.90 Å². The number of nitrogens with one attached hydrogen (secondary N) is 2. The average Bonchev–Trinajstić information content (AvgIpc) is 2.88. The highest BCUT2D eigenvalue weighted by Gasteiger charge is 2.35. The van der Waals surface area contributed by atoms with Crippen LogP contribution in [0.3, 0.4) is 0 Å². The molecule has 0 bridgehead atoms. The first-order valence-electron chi connectivity index (χ1n) is 13.1. The molecule has 2 saturated heterocycles. The van der Waals surface area contributed by atoms with Crippen LogP contribution in [0.25, 0.3) is 0 Å². The molecule has 202 valence electrons. The van der Waals surface area contributed by atoms with Crippen LogP contribution in [0.2, 0.25) is 0 Å². The molecule has 4 rings (SSSR count). The number of piperazine rings is 1. The Hall–Kier alpha value is -3.08. The third kappa shape index (κ3) is 7.03. The van der Waals surface area contributed by atoms with Crippen molar-refractivity contribution in [3.63, 3.8) is 0 Å². The number of rotatable bonds is 9. The minimum absolute atomic E-state index is 0.0918. The topological polar surface area (TPSA) is 76.6 Å². The Bertz CT molecular complexity index is 1070. The molecule has 1 aromatic heterocycles. The molecule has 8 nitrogen and oxygen atoms in total. The summed E-state index contributed by atoms with van der Waals surface area (Å²) in [5.41, 5.74) is 1.91.